The number of hydrogen-bond donors (Lipinski definition) is 1. The molecule has 0 radical (unpaired) electrons. The molecule has 58 valence electrons. The summed E-state index contributed by atoms with van der Waals surface area (Å²) >= 11 is 0. The Kier molecular flexibility index (Phi) is 2.21. The molecule has 1 atom stereocenters. The highest BCUT2D eigenvalue weighted by Crippen LogP contribution is 2.04. The maximum Gasteiger partial charge on any atom is 0.267 e. The smallest absolute Gasteiger partial charge is 0.267 e. The average molecular weight is 146 g/mol. The van der Waals surface area contributed by atoms with E-state index in [1.54, 1.807) is 0 Å². The van der Waals surface area contributed by atoms with Crippen LogP contribution in [0.1, 0.15) is 0 Å². The third-order valence-electron chi connectivity index (χ3n) is 1.22. The van der Waals surface area contributed by atoms with Crippen molar-refractivity contribution in [3.8, 4) is 0 Å². The van der Waals surface area contributed by atoms with Gasteiger partial charge in [-0.1, -0.05) is 0 Å². The summed E-state index contributed by atoms with van der Waals surface area (Å²) in [5.41, 5.74) is 5.33. The van der Waals surface area contributed by atoms with Gasteiger partial charge in [0.2, 0.25) is 0 Å². The molecular formula is C5H10N2O3. The number of rotatable bonds is 2. The third kappa shape index (κ3) is 1.26. The molecule has 1 aliphatic rings. The molecular weight excluding hydrogens is 136 g/mol. The maximum absolute atomic E-state index is 10.9. The third-order valence-corrected chi connectivity index (χ3v) is 1.22. The van der Waals surface area contributed by atoms with Crippen molar-refractivity contribution in [1.82, 2.24) is 5.06 Å². The number of ether oxygens (including phenoxy) is 1. The molecule has 10 heavy (non-hydrogen) atoms. The quantitative estimate of drug-likeness (QED) is 0.525. The van der Waals surface area contributed by atoms with Crippen LogP contribution >= 0.6 is 0 Å². The number of nitrogens with two attached hydrogens (primary N) is 1. The molecule has 0 spiro atoms. The largest absolute Gasteiger partial charge is 0.362 e. The number of hydroxylamine groups is 2. The molecule has 1 aliphatic heterocycles. The summed E-state index contributed by atoms with van der Waals surface area (Å²) in [4.78, 5) is 15.7. The summed E-state index contributed by atoms with van der Waals surface area (Å²) in [5, 5.41) is 1.12. The Morgan fingerprint density at radius 2 is 2.70 bits per heavy atom. The molecule has 1 unspecified atom stereocenters. The van der Waals surface area contributed by atoms with E-state index in [1.807, 2.05) is 0 Å². The molecule has 2 N–H and O–H groups in total. The van der Waals surface area contributed by atoms with Crippen molar-refractivity contribution in [2.24, 2.45) is 5.73 Å². The number of methoxy groups -OCH3 is 1. The molecule has 5 nitrogen and oxygen atoms in total. The number of amides is 1. The average Bonchev–Trinajstić information content (AvgIpc) is 2.20. The Morgan fingerprint density at radius 3 is 3.10 bits per heavy atom. The van der Waals surface area contributed by atoms with E-state index < -0.39 is 6.04 Å². The molecule has 1 heterocycles. The number of carbonyl (C=O) groups is 1. The highest BCUT2D eigenvalue weighted by atomic mass is 16.7. The van der Waals surface area contributed by atoms with E-state index in [-0.39, 0.29) is 19.2 Å². The lowest BCUT2D eigenvalue weighted by Crippen LogP contribution is -2.35. The Labute approximate surface area is 58.6 Å². The maximum atomic E-state index is 10.9. The summed E-state index contributed by atoms with van der Waals surface area (Å²) in [7, 11) is 1.49. The lowest BCUT2D eigenvalue weighted by Gasteiger charge is -2.11. The fourth-order valence-electron chi connectivity index (χ4n) is 0.708. The second-order valence-electron chi connectivity index (χ2n) is 2.04. The van der Waals surface area contributed by atoms with Gasteiger partial charge in [0, 0.05) is 7.11 Å². The first-order chi connectivity index (χ1) is 4.75. The minimum Gasteiger partial charge on any atom is -0.362 e. The van der Waals surface area contributed by atoms with Gasteiger partial charge in [-0.2, -0.15) is 5.06 Å². The molecule has 0 saturated carbocycles. The van der Waals surface area contributed by atoms with Crippen LogP contribution in [0, 0.1) is 0 Å². The van der Waals surface area contributed by atoms with Crippen LogP contribution in [0.3, 0.4) is 0 Å². The normalized spacial score (nSPS) is 26.0. The van der Waals surface area contributed by atoms with E-state index in [2.05, 4.69) is 4.74 Å². The van der Waals surface area contributed by atoms with Crippen molar-refractivity contribution < 1.29 is 14.4 Å². The van der Waals surface area contributed by atoms with Crippen molar-refractivity contribution in [3.63, 3.8) is 0 Å². The van der Waals surface area contributed by atoms with Gasteiger partial charge < -0.3 is 10.5 Å². The van der Waals surface area contributed by atoms with Gasteiger partial charge in [0.05, 0.1) is 6.61 Å². The van der Waals surface area contributed by atoms with Crippen molar-refractivity contribution in [3.05, 3.63) is 0 Å². The minimum absolute atomic E-state index is 0.145. The highest BCUT2D eigenvalue weighted by molar-refractivity contribution is 5.82. The standard InChI is InChI=1S/C5H10N2O3/c1-9-3-7-5(8)4(6)2-10-7/h4H,2-3,6H2,1H3. The van der Waals surface area contributed by atoms with Crippen LogP contribution in [0.4, 0.5) is 0 Å². The first-order valence-corrected chi connectivity index (χ1v) is 2.94. The Hall–Kier alpha value is -0.650. The van der Waals surface area contributed by atoms with Crippen molar-refractivity contribution in [1.29, 1.82) is 0 Å². The SMILES string of the molecule is COCN1OCC(N)C1=O. The van der Waals surface area contributed by atoms with Crippen LogP contribution < -0.4 is 5.73 Å². The zero-order chi connectivity index (χ0) is 7.56. The predicted octanol–water partition coefficient (Wildman–Crippen LogP) is -1.31. The lowest BCUT2D eigenvalue weighted by atomic mass is 10.3. The van der Waals surface area contributed by atoms with Crippen LogP contribution in [-0.4, -0.2) is 37.5 Å². The molecule has 5 heteroatoms. The minimum atomic E-state index is -0.518. The molecule has 0 aliphatic carbocycles. The van der Waals surface area contributed by atoms with Crippen LogP contribution in [-0.2, 0) is 14.4 Å². The van der Waals surface area contributed by atoms with Crippen LogP contribution in [0.15, 0.2) is 0 Å². The Balaban J connectivity index is 2.41. The van der Waals surface area contributed by atoms with Crippen LogP contribution in [0.5, 0.6) is 0 Å². The molecule has 1 rings (SSSR count). The van der Waals surface area contributed by atoms with E-state index >= 15 is 0 Å². The first-order valence-electron chi connectivity index (χ1n) is 2.94. The fourth-order valence-corrected chi connectivity index (χ4v) is 0.708. The van der Waals surface area contributed by atoms with Crippen LogP contribution in [0.2, 0.25) is 0 Å². The Morgan fingerprint density at radius 1 is 2.00 bits per heavy atom. The summed E-state index contributed by atoms with van der Waals surface area (Å²) in [5.74, 6) is -0.221. The summed E-state index contributed by atoms with van der Waals surface area (Å²) < 4.78 is 4.67. The van der Waals surface area contributed by atoms with Gasteiger partial charge in [-0.3, -0.25) is 9.63 Å². The summed E-state index contributed by atoms with van der Waals surface area (Å²) in [6, 6.07) is -0.518. The monoisotopic (exact) mass is 146 g/mol. The summed E-state index contributed by atoms with van der Waals surface area (Å²) in [6.07, 6.45) is 0. The molecule has 0 bridgehead atoms. The predicted molar refractivity (Wildman–Crippen MR) is 32.6 cm³/mol. The fraction of sp³-hybridized carbons (Fsp3) is 0.800. The van der Waals surface area contributed by atoms with Gasteiger partial charge in [-0.15, -0.1) is 0 Å². The van der Waals surface area contributed by atoms with Gasteiger partial charge >= 0.3 is 0 Å². The molecule has 0 aromatic carbocycles. The second-order valence-corrected chi connectivity index (χ2v) is 2.04. The zero-order valence-corrected chi connectivity index (χ0v) is 5.74. The van der Waals surface area contributed by atoms with Gasteiger partial charge in [-0.05, 0) is 0 Å². The van der Waals surface area contributed by atoms with E-state index in [0.717, 1.165) is 5.06 Å². The van der Waals surface area contributed by atoms with Crippen LogP contribution in [0.25, 0.3) is 0 Å². The number of nitrogens with zero attached hydrogens (tertiary/aromatic N) is 1. The van der Waals surface area contributed by atoms with Crippen molar-refractivity contribution >= 4 is 5.91 Å². The second kappa shape index (κ2) is 2.96. The van der Waals surface area contributed by atoms with Gasteiger partial charge in [-0.25, -0.2) is 0 Å². The first kappa shape index (κ1) is 7.46. The van der Waals surface area contributed by atoms with Gasteiger partial charge in [0.25, 0.3) is 5.91 Å². The van der Waals surface area contributed by atoms with Gasteiger partial charge in [0.15, 0.2) is 0 Å². The van der Waals surface area contributed by atoms with E-state index in [1.165, 1.54) is 7.11 Å². The van der Waals surface area contributed by atoms with Crippen molar-refractivity contribution in [2.75, 3.05) is 20.4 Å². The molecule has 0 aromatic rings. The molecule has 1 fully saturated rings. The topological polar surface area (TPSA) is 64.8 Å². The Bertz CT molecular complexity index is 137. The highest BCUT2D eigenvalue weighted by Gasteiger charge is 2.29. The van der Waals surface area contributed by atoms with E-state index in [9.17, 15) is 4.79 Å². The number of hydrogen-bond acceptors (Lipinski definition) is 4. The molecule has 0 aromatic heterocycles. The molecule has 1 amide bonds. The van der Waals surface area contributed by atoms with Gasteiger partial charge in [0.1, 0.15) is 12.8 Å². The lowest BCUT2D eigenvalue weighted by molar-refractivity contribution is -0.183. The molecule has 1 saturated heterocycles. The number of carbonyl (C=O) groups excluding carboxylic acids is 1. The van der Waals surface area contributed by atoms with Crippen molar-refractivity contribution in [2.45, 2.75) is 6.04 Å². The summed E-state index contributed by atoms with van der Waals surface area (Å²) in [6.45, 7) is 0.398. The van der Waals surface area contributed by atoms with E-state index in [4.69, 9.17) is 10.6 Å². The zero-order valence-electron chi connectivity index (χ0n) is 5.74. The van der Waals surface area contributed by atoms with E-state index in [0.29, 0.717) is 0 Å².